The molecular formula is C24H31ClO7. The van der Waals surface area contributed by atoms with Crippen LogP contribution in [0.15, 0.2) is 42.5 Å². The van der Waals surface area contributed by atoms with Crippen LogP contribution >= 0.6 is 11.6 Å². The molecule has 1 fully saturated rings. The van der Waals surface area contributed by atoms with E-state index >= 15 is 0 Å². The third kappa shape index (κ3) is 5.26. The van der Waals surface area contributed by atoms with Crippen LogP contribution in [0, 0.1) is 0 Å². The number of aliphatic hydroxyl groups excluding tert-OH is 3. The third-order valence-electron chi connectivity index (χ3n) is 5.69. The molecule has 0 aliphatic carbocycles. The lowest BCUT2D eigenvalue weighted by molar-refractivity contribution is -0.292. The maximum atomic E-state index is 10.7. The molecule has 0 saturated carbocycles. The Morgan fingerprint density at radius 1 is 0.969 bits per heavy atom. The van der Waals surface area contributed by atoms with Gasteiger partial charge in [0.2, 0.25) is 0 Å². The van der Waals surface area contributed by atoms with Crippen LogP contribution < -0.4 is 4.74 Å². The van der Waals surface area contributed by atoms with E-state index in [1.165, 1.54) is 14.2 Å². The van der Waals surface area contributed by atoms with Gasteiger partial charge in [-0.15, -0.1) is 0 Å². The molecule has 0 radical (unpaired) electrons. The van der Waals surface area contributed by atoms with Crippen LogP contribution in [0.3, 0.4) is 0 Å². The van der Waals surface area contributed by atoms with E-state index < -0.39 is 30.0 Å². The number of aliphatic hydroxyl groups is 3. The smallest absolute Gasteiger partial charge is 0.144 e. The number of benzene rings is 2. The molecule has 0 bridgehead atoms. The van der Waals surface area contributed by atoms with Crippen LogP contribution in [0.5, 0.6) is 5.75 Å². The lowest BCUT2D eigenvalue weighted by atomic mass is 9.83. The van der Waals surface area contributed by atoms with Crippen molar-refractivity contribution in [2.75, 3.05) is 34.0 Å². The largest absolute Gasteiger partial charge is 0.494 e. The normalized spacial score (nSPS) is 25.0. The number of hydrogen-bond donors (Lipinski definition) is 3. The Kier molecular flexibility index (Phi) is 8.52. The van der Waals surface area contributed by atoms with Crippen molar-refractivity contribution in [2.45, 2.75) is 43.4 Å². The van der Waals surface area contributed by atoms with E-state index in [9.17, 15) is 15.3 Å². The molecule has 1 aliphatic rings. The third-order valence-corrected chi connectivity index (χ3v) is 6.06. The summed E-state index contributed by atoms with van der Waals surface area (Å²) in [5, 5.41) is 32.5. The van der Waals surface area contributed by atoms with E-state index in [4.69, 9.17) is 30.5 Å². The molecule has 3 N–H and O–H groups in total. The molecule has 1 heterocycles. The van der Waals surface area contributed by atoms with Crippen molar-refractivity contribution in [3.8, 4) is 5.75 Å². The van der Waals surface area contributed by atoms with E-state index in [-0.39, 0.29) is 13.2 Å². The second-order valence-electron chi connectivity index (χ2n) is 8.00. The fraction of sp³-hybridized carbons (Fsp3) is 0.500. The van der Waals surface area contributed by atoms with Crippen LogP contribution in [-0.2, 0) is 20.6 Å². The second-order valence-corrected chi connectivity index (χ2v) is 8.41. The Balaban J connectivity index is 1.89. The summed E-state index contributed by atoms with van der Waals surface area (Å²) in [5.41, 5.74) is 1.18. The molecular weight excluding hydrogens is 436 g/mol. The Bertz CT molecular complexity index is 867. The first-order chi connectivity index (χ1) is 15.3. The number of ether oxygens (including phenoxy) is 4. The highest BCUT2D eigenvalue weighted by Gasteiger charge is 2.54. The summed E-state index contributed by atoms with van der Waals surface area (Å²) in [5.74, 6) is 0.801. The fourth-order valence-corrected chi connectivity index (χ4v) is 4.29. The van der Waals surface area contributed by atoms with Gasteiger partial charge >= 0.3 is 0 Å². The zero-order chi connectivity index (χ0) is 23.3. The van der Waals surface area contributed by atoms with Gasteiger partial charge in [-0.05, 0) is 48.2 Å². The highest BCUT2D eigenvalue weighted by Crippen LogP contribution is 2.39. The summed E-state index contributed by atoms with van der Waals surface area (Å²) >= 11 is 6.45. The van der Waals surface area contributed by atoms with Gasteiger partial charge in [-0.25, -0.2) is 0 Å². The first kappa shape index (κ1) is 24.9. The molecule has 2 aromatic rings. The van der Waals surface area contributed by atoms with Gasteiger partial charge in [0.25, 0.3) is 0 Å². The minimum Gasteiger partial charge on any atom is -0.494 e. The Hall–Kier alpha value is -1.71. The number of halogens is 1. The standard InChI is InChI=1S/C24H31ClO7/c1-4-31-18-8-5-15(6-9-18)11-17-12-16(7-10-19(17)25)22-20(26)21(27)23(28)24(32-22,13-29-2)14-30-3/h5-10,12,20-23,26-28H,4,11,13-14H2,1-3H3/t20-,21-,22+,23+/m1/s1. The maximum Gasteiger partial charge on any atom is 0.144 e. The topological polar surface area (TPSA) is 97.6 Å². The maximum absolute atomic E-state index is 10.7. The van der Waals surface area contributed by atoms with Crippen molar-refractivity contribution < 1.29 is 34.3 Å². The van der Waals surface area contributed by atoms with Crippen molar-refractivity contribution in [2.24, 2.45) is 0 Å². The lowest BCUT2D eigenvalue weighted by Crippen LogP contribution is -2.65. The van der Waals surface area contributed by atoms with Gasteiger partial charge in [-0.1, -0.05) is 35.9 Å². The number of hydrogen-bond acceptors (Lipinski definition) is 7. The Morgan fingerprint density at radius 3 is 2.22 bits per heavy atom. The summed E-state index contributed by atoms with van der Waals surface area (Å²) in [6.07, 6.45) is -4.51. The molecule has 0 aromatic heterocycles. The molecule has 7 nitrogen and oxygen atoms in total. The monoisotopic (exact) mass is 466 g/mol. The first-order valence-electron chi connectivity index (χ1n) is 10.5. The molecule has 2 aromatic carbocycles. The minimum atomic E-state index is -1.44. The van der Waals surface area contributed by atoms with Gasteiger partial charge in [0.15, 0.2) is 0 Å². The number of methoxy groups -OCH3 is 2. The molecule has 1 aliphatic heterocycles. The van der Waals surface area contributed by atoms with Gasteiger partial charge in [0.1, 0.15) is 35.8 Å². The molecule has 0 spiro atoms. The quantitative estimate of drug-likeness (QED) is 0.522. The molecule has 0 amide bonds. The van der Waals surface area contributed by atoms with Crippen LogP contribution in [-0.4, -0.2) is 73.3 Å². The summed E-state index contributed by atoms with van der Waals surface area (Å²) in [6, 6.07) is 13.1. The van der Waals surface area contributed by atoms with Crippen molar-refractivity contribution in [1.82, 2.24) is 0 Å². The van der Waals surface area contributed by atoms with Crippen molar-refractivity contribution >= 4 is 11.6 Å². The predicted molar refractivity (Wildman–Crippen MR) is 120 cm³/mol. The van der Waals surface area contributed by atoms with Crippen LogP contribution in [0.2, 0.25) is 5.02 Å². The van der Waals surface area contributed by atoms with Gasteiger partial charge in [-0.2, -0.15) is 0 Å². The molecule has 4 atom stereocenters. The average molecular weight is 467 g/mol. The summed E-state index contributed by atoms with van der Waals surface area (Å²) in [4.78, 5) is 0. The molecule has 32 heavy (non-hydrogen) atoms. The van der Waals surface area contributed by atoms with E-state index in [1.807, 2.05) is 37.3 Å². The second kappa shape index (κ2) is 10.9. The highest BCUT2D eigenvalue weighted by atomic mass is 35.5. The molecule has 8 heteroatoms. The van der Waals surface area contributed by atoms with E-state index in [0.717, 1.165) is 16.9 Å². The van der Waals surface area contributed by atoms with Gasteiger partial charge in [0, 0.05) is 19.2 Å². The summed E-state index contributed by atoms with van der Waals surface area (Å²) in [6.45, 7) is 2.50. The van der Waals surface area contributed by atoms with Gasteiger partial charge < -0.3 is 34.3 Å². The average Bonchev–Trinajstić information content (AvgIpc) is 2.78. The van der Waals surface area contributed by atoms with E-state index in [0.29, 0.717) is 23.6 Å². The van der Waals surface area contributed by atoms with Crippen molar-refractivity contribution in [3.05, 3.63) is 64.2 Å². The summed E-state index contributed by atoms with van der Waals surface area (Å²) < 4.78 is 22.1. The Labute approximate surface area is 193 Å². The van der Waals surface area contributed by atoms with Gasteiger partial charge in [-0.3, -0.25) is 0 Å². The molecule has 176 valence electrons. The number of rotatable bonds is 9. The van der Waals surface area contributed by atoms with Crippen LogP contribution in [0.1, 0.15) is 29.7 Å². The van der Waals surface area contributed by atoms with Crippen molar-refractivity contribution in [1.29, 1.82) is 0 Å². The van der Waals surface area contributed by atoms with E-state index in [2.05, 4.69) is 0 Å². The zero-order valence-electron chi connectivity index (χ0n) is 18.5. The van der Waals surface area contributed by atoms with Crippen LogP contribution in [0.25, 0.3) is 0 Å². The lowest BCUT2D eigenvalue weighted by Gasteiger charge is -2.48. The fourth-order valence-electron chi connectivity index (χ4n) is 4.10. The molecule has 0 unspecified atom stereocenters. The molecule has 1 saturated heterocycles. The van der Waals surface area contributed by atoms with Crippen molar-refractivity contribution in [3.63, 3.8) is 0 Å². The SMILES string of the molecule is CCOc1ccc(Cc2cc([C@@H]3OC(COC)(COC)[C@@H](O)[C@H](O)[C@H]3O)ccc2Cl)cc1. The van der Waals surface area contributed by atoms with Crippen LogP contribution in [0.4, 0.5) is 0 Å². The highest BCUT2D eigenvalue weighted by molar-refractivity contribution is 6.31. The molecule has 3 rings (SSSR count). The zero-order valence-corrected chi connectivity index (χ0v) is 19.3. The summed E-state index contributed by atoms with van der Waals surface area (Å²) in [7, 11) is 2.94. The van der Waals surface area contributed by atoms with Gasteiger partial charge in [0.05, 0.1) is 19.8 Å². The predicted octanol–water partition coefficient (Wildman–Crippen LogP) is 2.52. The Morgan fingerprint density at radius 2 is 1.62 bits per heavy atom. The van der Waals surface area contributed by atoms with E-state index in [1.54, 1.807) is 12.1 Å². The minimum absolute atomic E-state index is 0.0189. The first-order valence-corrected chi connectivity index (χ1v) is 10.9.